The molecule has 154 valence electrons. The van der Waals surface area contributed by atoms with Crippen LogP contribution in [0.3, 0.4) is 0 Å². The molecule has 1 aliphatic rings. The molecule has 2 aromatic rings. The van der Waals surface area contributed by atoms with E-state index in [-0.39, 0.29) is 15.6 Å². The van der Waals surface area contributed by atoms with Gasteiger partial charge in [0.15, 0.2) is 0 Å². The van der Waals surface area contributed by atoms with Crippen molar-refractivity contribution >= 4 is 57.8 Å². The van der Waals surface area contributed by atoms with Crippen molar-refractivity contribution in [2.45, 2.75) is 13.0 Å². The lowest BCUT2D eigenvalue weighted by atomic mass is 10.1. The van der Waals surface area contributed by atoms with Gasteiger partial charge in [-0.05, 0) is 42.8 Å². The maximum Gasteiger partial charge on any atom is 0.339 e. The van der Waals surface area contributed by atoms with Crippen LogP contribution in [0.2, 0.25) is 0 Å². The molecule has 1 fully saturated rings. The molecule has 1 atom stereocenters. The smallest absolute Gasteiger partial charge is 0.339 e. The van der Waals surface area contributed by atoms with E-state index in [9.17, 15) is 23.9 Å². The number of aromatic hydroxyl groups is 1. The van der Waals surface area contributed by atoms with Gasteiger partial charge >= 0.3 is 5.97 Å². The molecule has 1 unspecified atom stereocenters. The Morgan fingerprint density at radius 1 is 1.23 bits per heavy atom. The summed E-state index contributed by atoms with van der Waals surface area (Å²) in [6.45, 7) is 1.49. The van der Waals surface area contributed by atoms with Crippen molar-refractivity contribution in [1.29, 1.82) is 0 Å². The fourth-order valence-corrected chi connectivity index (χ4v) is 4.10. The Kier molecular flexibility index (Phi) is 6.18. The van der Waals surface area contributed by atoms with E-state index in [1.807, 2.05) is 0 Å². The number of nitrogens with one attached hydrogen (secondary N) is 1. The molecule has 0 spiro atoms. The number of carboxylic acids is 1. The summed E-state index contributed by atoms with van der Waals surface area (Å²) in [5.74, 6) is -3.23. The van der Waals surface area contributed by atoms with E-state index in [0.717, 1.165) is 28.8 Å². The van der Waals surface area contributed by atoms with Crippen molar-refractivity contribution in [3.05, 3.63) is 64.3 Å². The standard InChI is InChI=1S/C20H15FN2O5S2/c1-10(17(25)22-13-6-7-14(19(27)28)15(24)9-13)23-18(26)16(30-20(23)29)8-11-2-4-12(21)5-3-11/h2-10,24H,1H3,(H,22,25)(H,27,28). The van der Waals surface area contributed by atoms with Crippen LogP contribution in [-0.4, -0.2) is 43.3 Å². The molecule has 0 bridgehead atoms. The average Bonchev–Trinajstić information content (AvgIpc) is 2.96. The fourth-order valence-electron chi connectivity index (χ4n) is 2.68. The number of carboxylic acid groups (broad SMARTS) is 1. The van der Waals surface area contributed by atoms with E-state index in [4.69, 9.17) is 17.3 Å². The molecule has 7 nitrogen and oxygen atoms in total. The van der Waals surface area contributed by atoms with Gasteiger partial charge in [0, 0.05) is 11.8 Å². The molecule has 1 heterocycles. The van der Waals surface area contributed by atoms with Gasteiger partial charge in [-0.2, -0.15) is 0 Å². The number of anilines is 1. The minimum Gasteiger partial charge on any atom is -0.507 e. The number of carbonyl (C=O) groups is 3. The summed E-state index contributed by atoms with van der Waals surface area (Å²) >= 11 is 6.27. The number of rotatable bonds is 5. The van der Waals surface area contributed by atoms with Crippen LogP contribution in [0.25, 0.3) is 6.08 Å². The van der Waals surface area contributed by atoms with Gasteiger partial charge in [-0.1, -0.05) is 36.1 Å². The van der Waals surface area contributed by atoms with Crippen molar-refractivity contribution in [1.82, 2.24) is 4.90 Å². The predicted octanol–water partition coefficient (Wildman–Crippen LogP) is 3.46. The van der Waals surface area contributed by atoms with Crippen LogP contribution in [-0.2, 0) is 9.59 Å². The third-order valence-corrected chi connectivity index (χ3v) is 5.58. The van der Waals surface area contributed by atoms with E-state index < -0.39 is 35.4 Å². The SMILES string of the molecule is CC(C(=O)Nc1ccc(C(=O)O)c(O)c1)N1C(=O)C(=Cc2ccc(F)cc2)SC1=S. The number of carbonyl (C=O) groups excluding carboxylic acids is 2. The molecule has 0 radical (unpaired) electrons. The van der Waals surface area contributed by atoms with Gasteiger partial charge in [0.05, 0.1) is 4.91 Å². The lowest BCUT2D eigenvalue weighted by Crippen LogP contribution is -2.44. The maximum absolute atomic E-state index is 13.1. The summed E-state index contributed by atoms with van der Waals surface area (Å²) < 4.78 is 13.2. The predicted molar refractivity (Wildman–Crippen MR) is 115 cm³/mol. The second-order valence-electron chi connectivity index (χ2n) is 6.31. The Bertz CT molecular complexity index is 1090. The largest absolute Gasteiger partial charge is 0.507 e. The number of thiocarbonyl (C=S) groups is 1. The van der Waals surface area contributed by atoms with Crippen molar-refractivity contribution < 1.29 is 29.0 Å². The molecule has 2 amide bonds. The quantitative estimate of drug-likeness (QED) is 0.477. The van der Waals surface area contributed by atoms with E-state index in [1.165, 1.54) is 37.3 Å². The van der Waals surface area contributed by atoms with Crippen LogP contribution in [0.15, 0.2) is 47.4 Å². The van der Waals surface area contributed by atoms with E-state index >= 15 is 0 Å². The summed E-state index contributed by atoms with van der Waals surface area (Å²) in [7, 11) is 0. The number of benzene rings is 2. The Labute approximate surface area is 180 Å². The highest BCUT2D eigenvalue weighted by molar-refractivity contribution is 8.26. The maximum atomic E-state index is 13.1. The summed E-state index contributed by atoms with van der Waals surface area (Å²) in [5, 5.41) is 21.2. The van der Waals surface area contributed by atoms with Crippen molar-refractivity contribution in [3.63, 3.8) is 0 Å². The number of halogens is 1. The second-order valence-corrected chi connectivity index (χ2v) is 7.98. The lowest BCUT2D eigenvalue weighted by molar-refractivity contribution is -0.129. The van der Waals surface area contributed by atoms with Crippen LogP contribution in [0.5, 0.6) is 5.75 Å². The monoisotopic (exact) mass is 446 g/mol. The zero-order valence-electron chi connectivity index (χ0n) is 15.5. The zero-order chi connectivity index (χ0) is 22.0. The summed E-state index contributed by atoms with van der Waals surface area (Å²) in [4.78, 5) is 37.8. The molecule has 2 aromatic carbocycles. The van der Waals surface area contributed by atoms with Crippen molar-refractivity contribution in [2.75, 3.05) is 5.32 Å². The van der Waals surface area contributed by atoms with E-state index in [0.29, 0.717) is 10.5 Å². The number of aromatic carboxylic acids is 1. The first-order valence-corrected chi connectivity index (χ1v) is 9.79. The molecule has 1 saturated heterocycles. The number of thioether (sulfide) groups is 1. The number of nitrogens with zero attached hydrogens (tertiary/aromatic N) is 1. The van der Waals surface area contributed by atoms with Gasteiger partial charge in [0.1, 0.15) is 27.5 Å². The zero-order valence-corrected chi connectivity index (χ0v) is 17.1. The Hall–Kier alpha value is -3.24. The lowest BCUT2D eigenvalue weighted by Gasteiger charge is -2.22. The minimum atomic E-state index is -1.30. The van der Waals surface area contributed by atoms with Gasteiger partial charge in [-0.3, -0.25) is 14.5 Å². The number of phenols is 1. The van der Waals surface area contributed by atoms with Crippen LogP contribution in [0.1, 0.15) is 22.8 Å². The molecular weight excluding hydrogens is 431 g/mol. The normalized spacial score (nSPS) is 16.1. The van der Waals surface area contributed by atoms with Gasteiger partial charge < -0.3 is 15.5 Å². The summed E-state index contributed by atoms with van der Waals surface area (Å²) in [5.41, 5.74) is 0.480. The van der Waals surface area contributed by atoms with Crippen LogP contribution in [0.4, 0.5) is 10.1 Å². The Morgan fingerprint density at radius 3 is 2.50 bits per heavy atom. The van der Waals surface area contributed by atoms with E-state index in [2.05, 4.69) is 5.32 Å². The Morgan fingerprint density at radius 2 is 1.90 bits per heavy atom. The fraction of sp³-hybridized carbons (Fsp3) is 0.100. The number of hydrogen-bond acceptors (Lipinski definition) is 6. The van der Waals surface area contributed by atoms with Crippen molar-refractivity contribution in [3.8, 4) is 5.75 Å². The average molecular weight is 446 g/mol. The molecule has 3 rings (SSSR count). The van der Waals surface area contributed by atoms with Crippen LogP contribution in [0, 0.1) is 5.82 Å². The highest BCUT2D eigenvalue weighted by Crippen LogP contribution is 2.34. The first kappa shape index (κ1) is 21.5. The molecule has 1 aliphatic heterocycles. The molecule has 0 aliphatic carbocycles. The minimum absolute atomic E-state index is 0.168. The van der Waals surface area contributed by atoms with Gasteiger partial charge in [0.2, 0.25) is 5.91 Å². The van der Waals surface area contributed by atoms with Crippen LogP contribution >= 0.6 is 24.0 Å². The molecule has 3 N–H and O–H groups in total. The third kappa shape index (κ3) is 4.50. The second kappa shape index (κ2) is 8.64. The molecule has 30 heavy (non-hydrogen) atoms. The molecule has 0 aromatic heterocycles. The van der Waals surface area contributed by atoms with Gasteiger partial charge in [-0.15, -0.1) is 0 Å². The molecule has 0 saturated carbocycles. The first-order chi connectivity index (χ1) is 14.2. The highest BCUT2D eigenvalue weighted by atomic mass is 32.2. The number of amides is 2. The molecule has 10 heteroatoms. The molecular formula is C20H15FN2O5S2. The Balaban J connectivity index is 1.75. The first-order valence-electron chi connectivity index (χ1n) is 8.57. The van der Waals surface area contributed by atoms with Gasteiger partial charge in [0.25, 0.3) is 5.91 Å². The van der Waals surface area contributed by atoms with Gasteiger partial charge in [-0.25, -0.2) is 9.18 Å². The van der Waals surface area contributed by atoms with E-state index in [1.54, 1.807) is 6.08 Å². The highest BCUT2D eigenvalue weighted by Gasteiger charge is 2.38. The summed E-state index contributed by atoms with van der Waals surface area (Å²) in [6, 6.07) is 8.21. The summed E-state index contributed by atoms with van der Waals surface area (Å²) in [6.07, 6.45) is 1.56. The number of hydrogen-bond donors (Lipinski definition) is 3. The van der Waals surface area contributed by atoms with Crippen LogP contribution < -0.4 is 5.32 Å². The topological polar surface area (TPSA) is 107 Å². The van der Waals surface area contributed by atoms with Crippen molar-refractivity contribution in [2.24, 2.45) is 0 Å². The third-order valence-electron chi connectivity index (χ3n) is 4.25.